The summed E-state index contributed by atoms with van der Waals surface area (Å²) in [5.74, 6) is 0.522. The summed E-state index contributed by atoms with van der Waals surface area (Å²) in [7, 11) is -3.72. The van der Waals surface area contributed by atoms with Gasteiger partial charge in [-0.3, -0.25) is 0 Å². The highest BCUT2D eigenvalue weighted by Crippen LogP contribution is 2.26. The zero-order chi connectivity index (χ0) is 17.9. The van der Waals surface area contributed by atoms with Crippen LogP contribution in [-0.2, 0) is 16.3 Å². The minimum absolute atomic E-state index is 0.00816. The van der Waals surface area contributed by atoms with Crippen LogP contribution in [0.1, 0.15) is 38.2 Å². The van der Waals surface area contributed by atoms with Gasteiger partial charge < -0.3 is 10.6 Å². The Morgan fingerprint density at radius 2 is 1.72 bits per heavy atom. The Kier molecular flexibility index (Phi) is 5.22. The van der Waals surface area contributed by atoms with Crippen molar-refractivity contribution < 1.29 is 8.42 Å². The minimum atomic E-state index is -3.72. The van der Waals surface area contributed by atoms with Gasteiger partial charge >= 0.3 is 0 Å². The molecule has 1 aromatic heterocycles. The Morgan fingerprint density at radius 3 is 2.28 bits per heavy atom. The van der Waals surface area contributed by atoms with E-state index in [2.05, 4.69) is 14.9 Å². The van der Waals surface area contributed by atoms with Crippen LogP contribution in [0.4, 0.5) is 11.8 Å². The Labute approximate surface area is 149 Å². The molecule has 6 nitrogen and oxygen atoms in total. The second-order valence-corrected chi connectivity index (χ2v) is 8.24. The fourth-order valence-electron chi connectivity index (χ4n) is 3.04. The van der Waals surface area contributed by atoms with Crippen LogP contribution in [0.25, 0.3) is 0 Å². The number of anilines is 2. The normalized spacial score (nSPS) is 15.8. The van der Waals surface area contributed by atoms with Crippen molar-refractivity contribution in [2.45, 2.75) is 48.8 Å². The SMILES string of the molecule is CCc1ccc(S(=O)(=O)c2cnc(N3CCCCCC3)nc2N)cc1. The van der Waals surface area contributed by atoms with Gasteiger partial charge in [0.2, 0.25) is 15.8 Å². The Bertz CT molecular complexity index is 827. The van der Waals surface area contributed by atoms with Crippen molar-refractivity contribution in [2.75, 3.05) is 23.7 Å². The summed E-state index contributed by atoms with van der Waals surface area (Å²) >= 11 is 0. The first-order valence-corrected chi connectivity index (χ1v) is 10.2. The molecule has 0 bridgehead atoms. The van der Waals surface area contributed by atoms with Crippen molar-refractivity contribution in [3.05, 3.63) is 36.0 Å². The molecule has 1 saturated heterocycles. The van der Waals surface area contributed by atoms with Crippen LogP contribution in [-0.4, -0.2) is 31.5 Å². The lowest BCUT2D eigenvalue weighted by Crippen LogP contribution is -2.26. The van der Waals surface area contributed by atoms with Crippen LogP contribution in [0.5, 0.6) is 0 Å². The number of hydrogen-bond acceptors (Lipinski definition) is 6. The van der Waals surface area contributed by atoms with Gasteiger partial charge in [-0.05, 0) is 37.0 Å². The molecule has 0 unspecified atom stereocenters. The molecular formula is C18H24N4O2S. The first kappa shape index (κ1) is 17.7. The molecule has 1 fully saturated rings. The molecule has 1 aromatic carbocycles. The number of nitrogens with two attached hydrogens (primary N) is 1. The van der Waals surface area contributed by atoms with E-state index >= 15 is 0 Å². The molecule has 0 radical (unpaired) electrons. The topological polar surface area (TPSA) is 89.2 Å². The fraction of sp³-hybridized carbons (Fsp3) is 0.444. The summed E-state index contributed by atoms with van der Waals surface area (Å²) in [6.07, 6.45) is 6.78. The quantitative estimate of drug-likeness (QED) is 0.902. The van der Waals surface area contributed by atoms with Crippen LogP contribution >= 0.6 is 0 Å². The number of rotatable bonds is 4. The van der Waals surface area contributed by atoms with Crippen molar-refractivity contribution >= 4 is 21.6 Å². The van der Waals surface area contributed by atoms with Gasteiger partial charge in [0.15, 0.2) is 0 Å². The van der Waals surface area contributed by atoms with E-state index in [4.69, 9.17) is 5.73 Å². The third kappa shape index (κ3) is 3.76. The van der Waals surface area contributed by atoms with Crippen molar-refractivity contribution in [1.29, 1.82) is 0 Å². The Balaban J connectivity index is 1.91. The smallest absolute Gasteiger partial charge is 0.227 e. The summed E-state index contributed by atoms with van der Waals surface area (Å²) in [5, 5.41) is 0. The molecule has 1 aliphatic rings. The summed E-state index contributed by atoms with van der Waals surface area (Å²) < 4.78 is 25.6. The van der Waals surface area contributed by atoms with E-state index in [0.717, 1.165) is 37.9 Å². The van der Waals surface area contributed by atoms with E-state index in [0.29, 0.717) is 5.95 Å². The molecule has 0 aliphatic carbocycles. The van der Waals surface area contributed by atoms with Crippen molar-refractivity contribution in [2.24, 2.45) is 0 Å². The lowest BCUT2D eigenvalue weighted by molar-refractivity contribution is 0.595. The molecule has 2 heterocycles. The van der Waals surface area contributed by atoms with Crippen molar-refractivity contribution in [3.8, 4) is 0 Å². The van der Waals surface area contributed by atoms with Gasteiger partial charge in [-0.15, -0.1) is 0 Å². The molecule has 134 valence electrons. The summed E-state index contributed by atoms with van der Waals surface area (Å²) in [4.78, 5) is 10.8. The number of sulfone groups is 1. The third-order valence-electron chi connectivity index (χ3n) is 4.59. The van der Waals surface area contributed by atoms with Crippen LogP contribution in [0.2, 0.25) is 0 Å². The number of hydrogen-bond donors (Lipinski definition) is 1. The third-order valence-corrected chi connectivity index (χ3v) is 6.38. The number of nitrogens with zero attached hydrogens (tertiary/aromatic N) is 3. The second kappa shape index (κ2) is 7.39. The first-order chi connectivity index (χ1) is 12.0. The van der Waals surface area contributed by atoms with Crippen molar-refractivity contribution in [1.82, 2.24) is 9.97 Å². The molecule has 0 atom stereocenters. The standard InChI is InChI=1S/C18H24N4O2S/c1-2-14-7-9-15(10-8-14)25(23,24)16-13-20-18(21-17(16)19)22-11-5-3-4-6-12-22/h7-10,13H,2-6,11-12H2,1H3,(H2,19,20,21). The first-order valence-electron chi connectivity index (χ1n) is 8.74. The fourth-order valence-corrected chi connectivity index (χ4v) is 4.30. The van der Waals surface area contributed by atoms with E-state index in [1.807, 2.05) is 19.1 Å². The van der Waals surface area contributed by atoms with Gasteiger partial charge in [-0.1, -0.05) is 31.9 Å². The monoisotopic (exact) mass is 360 g/mol. The molecule has 0 saturated carbocycles. The van der Waals surface area contributed by atoms with E-state index in [-0.39, 0.29) is 15.6 Å². The zero-order valence-electron chi connectivity index (χ0n) is 14.5. The molecule has 2 aromatic rings. The maximum Gasteiger partial charge on any atom is 0.227 e. The van der Waals surface area contributed by atoms with Gasteiger partial charge in [0.05, 0.1) is 11.1 Å². The molecule has 3 rings (SSSR count). The summed E-state index contributed by atoms with van der Waals surface area (Å²) in [5.41, 5.74) is 7.07. The van der Waals surface area contributed by atoms with E-state index in [9.17, 15) is 8.42 Å². The zero-order valence-corrected chi connectivity index (χ0v) is 15.3. The number of nitrogen functional groups attached to an aromatic ring is 1. The van der Waals surface area contributed by atoms with Crippen LogP contribution in [0.3, 0.4) is 0 Å². The molecular weight excluding hydrogens is 336 g/mol. The van der Waals surface area contributed by atoms with Crippen LogP contribution < -0.4 is 10.6 Å². The van der Waals surface area contributed by atoms with Crippen LogP contribution in [0.15, 0.2) is 40.3 Å². The maximum atomic E-state index is 12.8. The lowest BCUT2D eigenvalue weighted by Gasteiger charge is -2.20. The van der Waals surface area contributed by atoms with E-state index < -0.39 is 9.84 Å². The summed E-state index contributed by atoms with van der Waals surface area (Å²) in [6.45, 7) is 3.78. The molecule has 25 heavy (non-hydrogen) atoms. The minimum Gasteiger partial charge on any atom is -0.382 e. The van der Waals surface area contributed by atoms with Gasteiger partial charge in [0.25, 0.3) is 0 Å². The highest BCUT2D eigenvalue weighted by molar-refractivity contribution is 7.91. The van der Waals surface area contributed by atoms with Gasteiger partial charge in [0.1, 0.15) is 10.7 Å². The highest BCUT2D eigenvalue weighted by Gasteiger charge is 2.23. The number of aryl methyl sites for hydroxylation is 1. The highest BCUT2D eigenvalue weighted by atomic mass is 32.2. The molecule has 0 amide bonds. The largest absolute Gasteiger partial charge is 0.382 e. The Hall–Kier alpha value is -2.15. The lowest BCUT2D eigenvalue weighted by atomic mass is 10.2. The average Bonchev–Trinajstić information content (AvgIpc) is 2.91. The molecule has 0 spiro atoms. The van der Waals surface area contributed by atoms with E-state index in [1.165, 1.54) is 19.0 Å². The molecule has 7 heteroatoms. The predicted molar refractivity (Wildman–Crippen MR) is 98.4 cm³/mol. The second-order valence-electron chi connectivity index (χ2n) is 6.32. The van der Waals surface area contributed by atoms with Gasteiger partial charge in [-0.25, -0.2) is 13.4 Å². The maximum absolute atomic E-state index is 12.8. The predicted octanol–water partition coefficient (Wildman–Crippen LogP) is 2.83. The number of aromatic nitrogens is 2. The molecule has 2 N–H and O–H groups in total. The van der Waals surface area contributed by atoms with E-state index in [1.54, 1.807) is 12.1 Å². The summed E-state index contributed by atoms with van der Waals surface area (Å²) in [6, 6.07) is 6.84. The Morgan fingerprint density at radius 1 is 1.08 bits per heavy atom. The van der Waals surface area contributed by atoms with Crippen molar-refractivity contribution in [3.63, 3.8) is 0 Å². The van der Waals surface area contributed by atoms with Gasteiger partial charge in [0, 0.05) is 13.1 Å². The van der Waals surface area contributed by atoms with Gasteiger partial charge in [-0.2, -0.15) is 4.98 Å². The average molecular weight is 360 g/mol. The van der Waals surface area contributed by atoms with Crippen LogP contribution in [0, 0.1) is 0 Å². The molecule has 1 aliphatic heterocycles. The number of benzene rings is 1.